The van der Waals surface area contributed by atoms with Crippen LogP contribution >= 0.6 is 0 Å². The summed E-state index contributed by atoms with van der Waals surface area (Å²) in [5.41, 5.74) is 1.05. The van der Waals surface area contributed by atoms with E-state index in [4.69, 9.17) is 14.5 Å². The van der Waals surface area contributed by atoms with E-state index >= 15 is 0 Å². The van der Waals surface area contributed by atoms with Crippen LogP contribution < -0.4 is 4.90 Å². The lowest BCUT2D eigenvalue weighted by atomic mass is 10.1. The van der Waals surface area contributed by atoms with Crippen molar-refractivity contribution in [2.45, 2.75) is 52.1 Å². The average Bonchev–Trinajstić information content (AvgIpc) is 3.06. The van der Waals surface area contributed by atoms with Crippen molar-refractivity contribution in [2.24, 2.45) is 5.92 Å². The van der Waals surface area contributed by atoms with Gasteiger partial charge in [0.05, 0.1) is 19.3 Å². The first-order valence-corrected chi connectivity index (χ1v) is 8.91. The molecule has 1 unspecified atom stereocenters. The van der Waals surface area contributed by atoms with Crippen LogP contribution in [0.25, 0.3) is 0 Å². The maximum absolute atomic E-state index is 6.10. The summed E-state index contributed by atoms with van der Waals surface area (Å²) in [5, 5.41) is 0. The molecule has 0 bridgehead atoms. The number of hydrogen-bond donors (Lipinski definition) is 0. The van der Waals surface area contributed by atoms with Crippen molar-refractivity contribution in [2.75, 3.05) is 37.8 Å². The van der Waals surface area contributed by atoms with Gasteiger partial charge in [-0.05, 0) is 26.2 Å². The molecule has 0 amide bonds. The molecule has 1 aromatic heterocycles. The molecule has 0 radical (unpaired) electrons. The largest absolute Gasteiger partial charge is 0.381 e. The van der Waals surface area contributed by atoms with E-state index in [2.05, 4.69) is 36.7 Å². The summed E-state index contributed by atoms with van der Waals surface area (Å²) in [7, 11) is 0. The fraction of sp³-hybridized carbons (Fsp3) is 0.778. The summed E-state index contributed by atoms with van der Waals surface area (Å²) in [6.45, 7) is 11.0. The number of ether oxygens (including phenoxy) is 2. The Morgan fingerprint density at radius 1 is 1.26 bits per heavy atom. The lowest BCUT2D eigenvalue weighted by Gasteiger charge is -2.33. The molecule has 3 heterocycles. The van der Waals surface area contributed by atoms with Crippen LogP contribution in [0.3, 0.4) is 0 Å². The molecule has 0 aliphatic carbocycles. The second-order valence-corrected chi connectivity index (χ2v) is 7.13. The Balaban J connectivity index is 1.52. The van der Waals surface area contributed by atoms with Gasteiger partial charge in [-0.15, -0.1) is 0 Å². The first-order chi connectivity index (χ1) is 11.1. The van der Waals surface area contributed by atoms with Crippen molar-refractivity contribution in [3.63, 3.8) is 0 Å². The van der Waals surface area contributed by atoms with Crippen LogP contribution in [0.4, 0.5) is 5.82 Å². The number of piperidine rings is 1. The van der Waals surface area contributed by atoms with E-state index in [9.17, 15) is 0 Å². The summed E-state index contributed by atoms with van der Waals surface area (Å²) >= 11 is 0. The smallest absolute Gasteiger partial charge is 0.133 e. The average molecular weight is 319 g/mol. The first-order valence-electron chi connectivity index (χ1n) is 8.91. The highest BCUT2D eigenvalue weighted by Crippen LogP contribution is 2.23. The Kier molecular flexibility index (Phi) is 5.49. The van der Waals surface area contributed by atoms with Crippen LogP contribution in [0.5, 0.6) is 0 Å². The minimum absolute atomic E-state index is 0.364. The standard InChI is InChI=1S/C18H29N3O2/c1-13(2)18-19-14(3)10-17(20-18)21-7-4-16(5-8-21)23-12-15-6-9-22-11-15/h10,13,15-16H,4-9,11-12H2,1-3H3. The molecule has 5 heteroatoms. The Morgan fingerprint density at radius 3 is 2.70 bits per heavy atom. The third-order valence-corrected chi connectivity index (χ3v) is 4.73. The summed E-state index contributed by atoms with van der Waals surface area (Å²) in [6, 6.07) is 2.10. The summed E-state index contributed by atoms with van der Waals surface area (Å²) < 4.78 is 11.5. The van der Waals surface area contributed by atoms with Crippen LogP contribution in [-0.4, -0.2) is 49.0 Å². The maximum atomic E-state index is 6.10. The monoisotopic (exact) mass is 319 g/mol. The van der Waals surface area contributed by atoms with Gasteiger partial charge in [0.15, 0.2) is 0 Å². The van der Waals surface area contributed by atoms with E-state index in [0.29, 0.717) is 17.9 Å². The number of rotatable bonds is 5. The van der Waals surface area contributed by atoms with Crippen LogP contribution in [0, 0.1) is 12.8 Å². The fourth-order valence-electron chi connectivity index (χ4n) is 3.23. The SMILES string of the molecule is Cc1cc(N2CCC(OCC3CCOC3)CC2)nc(C(C)C)n1. The predicted molar refractivity (Wildman–Crippen MR) is 91.0 cm³/mol. The Labute approximate surface area is 139 Å². The fourth-order valence-corrected chi connectivity index (χ4v) is 3.23. The van der Waals surface area contributed by atoms with Gasteiger partial charge in [-0.3, -0.25) is 0 Å². The predicted octanol–water partition coefficient (Wildman–Crippen LogP) is 2.93. The minimum atomic E-state index is 0.364. The maximum Gasteiger partial charge on any atom is 0.133 e. The topological polar surface area (TPSA) is 47.5 Å². The van der Waals surface area contributed by atoms with Crippen LogP contribution in [0.1, 0.15) is 50.5 Å². The zero-order valence-electron chi connectivity index (χ0n) is 14.6. The normalized spacial score (nSPS) is 23.0. The zero-order chi connectivity index (χ0) is 16.2. The number of hydrogen-bond acceptors (Lipinski definition) is 5. The molecule has 5 nitrogen and oxygen atoms in total. The molecule has 1 atom stereocenters. The summed E-state index contributed by atoms with van der Waals surface area (Å²) in [5.74, 6) is 2.98. The van der Waals surface area contributed by atoms with Gasteiger partial charge < -0.3 is 14.4 Å². The zero-order valence-corrected chi connectivity index (χ0v) is 14.6. The van der Waals surface area contributed by atoms with Gasteiger partial charge >= 0.3 is 0 Å². The molecule has 23 heavy (non-hydrogen) atoms. The number of nitrogens with zero attached hydrogens (tertiary/aromatic N) is 3. The van der Waals surface area contributed by atoms with Crippen molar-refractivity contribution in [1.29, 1.82) is 0 Å². The van der Waals surface area contributed by atoms with Gasteiger partial charge in [0.2, 0.25) is 0 Å². The van der Waals surface area contributed by atoms with Gasteiger partial charge in [-0.1, -0.05) is 13.8 Å². The van der Waals surface area contributed by atoms with E-state index in [1.54, 1.807) is 0 Å². The molecule has 0 aromatic carbocycles. The lowest BCUT2D eigenvalue weighted by molar-refractivity contribution is 0.0131. The van der Waals surface area contributed by atoms with Gasteiger partial charge in [0.1, 0.15) is 11.6 Å². The third-order valence-electron chi connectivity index (χ3n) is 4.73. The van der Waals surface area contributed by atoms with Gasteiger partial charge in [0.25, 0.3) is 0 Å². The molecule has 1 aromatic rings. The Bertz CT molecular complexity index is 507. The molecule has 2 saturated heterocycles. The number of aromatic nitrogens is 2. The molecule has 128 valence electrons. The second kappa shape index (κ2) is 7.58. The molecule has 2 aliphatic heterocycles. The van der Waals surface area contributed by atoms with E-state index in [-0.39, 0.29) is 0 Å². The highest BCUT2D eigenvalue weighted by molar-refractivity contribution is 5.40. The Hall–Kier alpha value is -1.20. The molecule has 0 saturated carbocycles. The van der Waals surface area contributed by atoms with E-state index in [1.807, 2.05) is 0 Å². The summed E-state index contributed by atoms with van der Waals surface area (Å²) in [4.78, 5) is 11.7. The molecular weight excluding hydrogens is 290 g/mol. The first kappa shape index (κ1) is 16.7. The quantitative estimate of drug-likeness (QED) is 0.835. The highest BCUT2D eigenvalue weighted by Gasteiger charge is 2.23. The van der Waals surface area contributed by atoms with E-state index in [0.717, 1.165) is 69.5 Å². The molecular formula is C18H29N3O2. The van der Waals surface area contributed by atoms with Crippen LogP contribution in [-0.2, 0) is 9.47 Å². The van der Waals surface area contributed by atoms with Crippen molar-refractivity contribution in [3.05, 3.63) is 17.6 Å². The van der Waals surface area contributed by atoms with E-state index in [1.165, 1.54) is 0 Å². The van der Waals surface area contributed by atoms with Gasteiger partial charge in [-0.2, -0.15) is 0 Å². The van der Waals surface area contributed by atoms with E-state index < -0.39 is 0 Å². The molecule has 0 spiro atoms. The Morgan fingerprint density at radius 2 is 2.04 bits per heavy atom. The molecule has 2 fully saturated rings. The van der Waals surface area contributed by atoms with Crippen molar-refractivity contribution < 1.29 is 9.47 Å². The van der Waals surface area contributed by atoms with Crippen molar-refractivity contribution >= 4 is 5.82 Å². The van der Waals surface area contributed by atoms with Crippen LogP contribution in [0.2, 0.25) is 0 Å². The van der Waals surface area contributed by atoms with Gasteiger partial charge in [0, 0.05) is 43.3 Å². The number of aryl methyl sites for hydroxylation is 1. The lowest BCUT2D eigenvalue weighted by Crippen LogP contribution is -2.38. The molecule has 3 rings (SSSR count). The van der Waals surface area contributed by atoms with Crippen LogP contribution in [0.15, 0.2) is 6.07 Å². The summed E-state index contributed by atoms with van der Waals surface area (Å²) in [6.07, 6.45) is 3.69. The molecule has 2 aliphatic rings. The van der Waals surface area contributed by atoms with Gasteiger partial charge in [-0.25, -0.2) is 9.97 Å². The minimum Gasteiger partial charge on any atom is -0.381 e. The van der Waals surface area contributed by atoms with Crippen molar-refractivity contribution in [1.82, 2.24) is 9.97 Å². The third kappa shape index (κ3) is 4.42. The second-order valence-electron chi connectivity index (χ2n) is 7.13. The van der Waals surface area contributed by atoms with Crippen molar-refractivity contribution in [3.8, 4) is 0 Å². The number of anilines is 1. The highest BCUT2D eigenvalue weighted by atomic mass is 16.5. The molecule has 0 N–H and O–H groups in total.